The smallest absolute Gasteiger partial charge is 0.537 e. The van der Waals surface area contributed by atoms with Crippen LogP contribution in [0, 0.1) is 17.5 Å². The molecular formula is C94H80B2Cl3F9N11O21S3. The molecule has 745 valence electrons. The lowest BCUT2D eigenvalue weighted by atomic mass is 9.78. The van der Waals surface area contributed by atoms with Crippen molar-refractivity contribution in [3.05, 3.63) is 317 Å². The molecule has 6 aromatic heterocycles. The summed E-state index contributed by atoms with van der Waals surface area (Å²) in [5, 5.41) is 33.0. The Kier molecular flexibility index (Phi) is 32.1. The minimum Gasteiger partial charge on any atom is -0.537 e. The number of halogens is 12. The molecule has 0 aliphatic carbocycles. The second-order valence-electron chi connectivity index (χ2n) is 32.0. The number of benzene rings is 10. The molecule has 0 bridgehead atoms. The molecule has 143 heavy (non-hydrogen) atoms. The predicted octanol–water partition coefficient (Wildman–Crippen LogP) is 17.6. The maximum absolute atomic E-state index is 15.4. The Bertz CT molecular complexity index is 7950. The molecule has 1 radical (unpaired) electrons. The molecule has 49 heteroatoms. The van der Waals surface area contributed by atoms with Gasteiger partial charge in [-0.25, -0.2) is 61.1 Å². The molecule has 0 spiro atoms. The maximum Gasteiger partial charge on any atom is 0.569 e. The van der Waals surface area contributed by atoms with Crippen molar-refractivity contribution in [3.63, 3.8) is 0 Å². The predicted molar refractivity (Wildman–Crippen MR) is 512 cm³/mol. The van der Waals surface area contributed by atoms with Gasteiger partial charge in [0, 0.05) is 89.8 Å². The highest BCUT2D eigenvalue weighted by Crippen LogP contribution is 2.44. The summed E-state index contributed by atoms with van der Waals surface area (Å²) in [6, 6.07) is 46.1. The number of aromatic nitrogens is 9. The molecule has 1 aliphatic heterocycles. The van der Waals surface area contributed by atoms with Gasteiger partial charge in [0.15, 0.2) is 26.6 Å². The number of nitrogens with zero attached hydrogens (tertiary/aromatic N) is 11. The number of hydrogen-bond acceptors (Lipinski definition) is 27. The van der Waals surface area contributed by atoms with E-state index in [-0.39, 0.29) is 133 Å². The monoisotopic (exact) mass is 2090 g/mol. The quantitative estimate of drug-likeness (QED) is 0.0433. The van der Waals surface area contributed by atoms with Gasteiger partial charge >= 0.3 is 27.2 Å². The molecule has 1 fully saturated rings. The summed E-state index contributed by atoms with van der Waals surface area (Å²) in [7, 11) is -1.13. The van der Waals surface area contributed by atoms with E-state index in [1.54, 1.807) is 55.6 Å². The van der Waals surface area contributed by atoms with Gasteiger partial charge in [0.25, 0.3) is 36.7 Å². The van der Waals surface area contributed by atoms with Crippen molar-refractivity contribution in [2.24, 2.45) is 21.1 Å². The van der Waals surface area contributed by atoms with Gasteiger partial charge in [-0.1, -0.05) is 105 Å². The first kappa shape index (κ1) is 106. The third-order valence-electron chi connectivity index (χ3n) is 22.4. The van der Waals surface area contributed by atoms with E-state index < -0.39 is 112 Å². The van der Waals surface area contributed by atoms with Gasteiger partial charge in [-0.15, -0.1) is 0 Å². The number of sulfone groups is 1. The first-order chi connectivity index (χ1) is 67.5. The second-order valence-corrected chi connectivity index (χ2v) is 38.9. The molecule has 17 rings (SSSR count). The molecule has 16 aromatic rings. The third kappa shape index (κ3) is 23.6. The Morgan fingerprint density at radius 1 is 0.441 bits per heavy atom. The highest BCUT2D eigenvalue weighted by Gasteiger charge is 2.53. The topological polar surface area (TPSA) is 386 Å². The van der Waals surface area contributed by atoms with Crippen LogP contribution >= 0.6 is 34.8 Å². The lowest BCUT2D eigenvalue weighted by Gasteiger charge is -2.32. The van der Waals surface area contributed by atoms with Crippen molar-refractivity contribution in [2.45, 2.75) is 84.8 Å². The summed E-state index contributed by atoms with van der Waals surface area (Å²) >= 11 is 17.8. The van der Waals surface area contributed by atoms with Crippen molar-refractivity contribution in [3.8, 4) is 68.1 Å². The number of hydrogen-bond donors (Lipinski definition) is 1. The van der Waals surface area contributed by atoms with Crippen LogP contribution < -0.4 is 59.1 Å². The standard InChI is InChI=1S/C27H22ClFN4O6S.C27H19F4N3O5S.C20H17ClN4O5S.C13H17BClFO3.C7H5BF3O2/c1-32-27(34)20-12-18(8-9-19(20)26(30-32)21-13-23(29)22(28)14-24(21)38-3)40(35,36)33(25-10-11-39-31-25)15-16-4-6-17(37-2)7-5-16;1-34-26(35)21-11-18(40(36,37)14-17-8-9-39-33-17)6-7-19(21)25(32-34)22-12-23(28)20(13-24(22)38-2)15-4-3-5-16(10-15)27(29,30)31;1-24-20(26)17-11-15(7-8-16(17)19(21)22-24)31(27,28)25(18-9-10-30-23-18)12-13-3-5-14(29-2)6-4-13;1-12(2)13(3,4)19-14(18-12)8-6-10(16)9(15)7-11(8)17-5;9-7(10,11)5-2-1-3-6(4-5)13-8-12/h4-14H,15H2,1-3H3;3-13H,14H2,1-2H3;3-11H,12H2,1-2H3;6-7H,1-5H3;1-4,12H. The molecular weight excluding hydrogens is 2010 g/mol. The van der Waals surface area contributed by atoms with E-state index in [4.69, 9.17) is 81.9 Å². The van der Waals surface area contributed by atoms with Gasteiger partial charge in [-0.3, -0.25) is 14.4 Å². The van der Waals surface area contributed by atoms with Crippen LogP contribution in [0.2, 0.25) is 15.2 Å². The zero-order chi connectivity index (χ0) is 104. The van der Waals surface area contributed by atoms with E-state index in [0.717, 1.165) is 59.1 Å². The van der Waals surface area contributed by atoms with Crippen LogP contribution in [0.4, 0.5) is 51.1 Å². The number of methoxy groups -OCH3 is 5. The largest absolute Gasteiger partial charge is 0.569 e. The van der Waals surface area contributed by atoms with Crippen molar-refractivity contribution >= 4 is 129 Å². The van der Waals surface area contributed by atoms with Gasteiger partial charge in [0.2, 0.25) is 0 Å². The maximum atomic E-state index is 15.4. The fourth-order valence-electron chi connectivity index (χ4n) is 14.3. The molecule has 32 nitrogen and oxygen atoms in total. The number of sulfonamides is 2. The molecule has 0 saturated carbocycles. The number of alkyl halides is 6. The number of anilines is 2. The average Bonchev–Trinajstić information content (AvgIpc) is 1.32. The number of rotatable bonds is 24. The van der Waals surface area contributed by atoms with Crippen LogP contribution in [0.15, 0.2) is 268 Å². The number of aryl methyl sites for hydroxylation is 3. The van der Waals surface area contributed by atoms with E-state index in [1.165, 1.54) is 190 Å². The number of ether oxygens (including phenoxy) is 5. The Balaban J connectivity index is 0.000000157. The van der Waals surface area contributed by atoms with Crippen molar-refractivity contribution in [1.82, 2.24) is 44.8 Å². The summed E-state index contributed by atoms with van der Waals surface area (Å²) < 4.78 is 263. The van der Waals surface area contributed by atoms with E-state index >= 15 is 4.39 Å². The molecule has 1 aliphatic rings. The SMILES string of the molecule is COc1cc(-c2cccc(C(F)(F)F)c2)c(F)cc1-c1nn(C)c(=O)c2cc(S(=O)(=O)Cc3ccon3)ccc12.COc1cc(Cl)c(F)cc1B1OC(C)(C)C(C)(C)O1.COc1ccc(CN(c2ccon2)S(=O)(=O)c2ccc3c(-c4cc(F)c(Cl)cc4OC)nn(C)c(=O)c3c2)cc1.COc1ccc(CN(c2ccon2)S(=O)(=O)c2ccc3c(Cl)nn(C)c(=O)c3c2)cc1.O[B]Oc1cccc(C(F)(F)F)c1. The van der Waals surface area contributed by atoms with E-state index in [2.05, 4.69) is 39.9 Å². The minimum atomic E-state index is -4.62. The van der Waals surface area contributed by atoms with Gasteiger partial charge in [0.05, 0.1) is 118 Å². The molecule has 1 N–H and O–H groups in total. The molecule has 7 heterocycles. The second kappa shape index (κ2) is 43.3. The summed E-state index contributed by atoms with van der Waals surface area (Å²) in [6.45, 7) is 7.67. The fraction of sp³-hybridized carbons (Fsp3) is 0.202. The summed E-state index contributed by atoms with van der Waals surface area (Å²) in [5.74, 6) is -0.415. The molecule has 1 saturated heterocycles. The Morgan fingerprint density at radius 3 is 1.31 bits per heavy atom. The van der Waals surface area contributed by atoms with Crippen molar-refractivity contribution in [2.75, 3.05) is 44.2 Å². The van der Waals surface area contributed by atoms with Crippen LogP contribution in [-0.4, -0.2) is 137 Å². The van der Waals surface area contributed by atoms with Crippen LogP contribution in [0.5, 0.6) is 34.5 Å². The van der Waals surface area contributed by atoms with Crippen molar-refractivity contribution < 1.29 is 121 Å². The van der Waals surface area contributed by atoms with E-state index in [0.29, 0.717) is 52.3 Å². The molecule has 0 atom stereocenters. The molecule has 0 amide bonds. The van der Waals surface area contributed by atoms with Gasteiger partial charge in [-0.2, -0.15) is 41.6 Å². The van der Waals surface area contributed by atoms with E-state index in [9.17, 15) is 74.8 Å². The zero-order valence-corrected chi connectivity index (χ0v) is 81.6. The first-order valence-corrected chi connectivity index (χ1v) is 47.4. The first-order valence-electron chi connectivity index (χ1n) is 41.8. The normalized spacial score (nSPS) is 12.9. The third-order valence-corrected chi connectivity index (χ3v) is 28.4. The number of fused-ring (bicyclic) bond motifs is 3. The molecule has 10 aromatic carbocycles. The summed E-state index contributed by atoms with van der Waals surface area (Å²) in [4.78, 5) is 38.2. The van der Waals surface area contributed by atoms with Gasteiger partial charge in [-0.05, 0) is 166 Å². The summed E-state index contributed by atoms with van der Waals surface area (Å²) in [5.41, 5.74) is -1.78. The average molecular weight is 2090 g/mol. The van der Waals surface area contributed by atoms with Crippen LogP contribution in [0.25, 0.3) is 66.0 Å². The lowest BCUT2D eigenvalue weighted by Crippen LogP contribution is -2.41. The highest BCUT2D eigenvalue weighted by molar-refractivity contribution is 7.93. The summed E-state index contributed by atoms with van der Waals surface area (Å²) in [6.07, 6.45) is -5.22. The minimum absolute atomic E-state index is 0.00172. The van der Waals surface area contributed by atoms with Gasteiger partial charge < -0.3 is 56.2 Å². The van der Waals surface area contributed by atoms with Crippen LogP contribution in [0.1, 0.15) is 55.6 Å². The Hall–Kier alpha value is -14.3. The highest BCUT2D eigenvalue weighted by atomic mass is 35.5. The van der Waals surface area contributed by atoms with Gasteiger partial charge in [0.1, 0.15) is 87.9 Å². The van der Waals surface area contributed by atoms with Crippen molar-refractivity contribution in [1.29, 1.82) is 0 Å². The molecule has 0 unspecified atom stereocenters. The zero-order valence-electron chi connectivity index (χ0n) is 76.9. The van der Waals surface area contributed by atoms with E-state index in [1.807, 2.05) is 27.7 Å². The Morgan fingerprint density at radius 2 is 0.860 bits per heavy atom. The van der Waals surface area contributed by atoms with Crippen LogP contribution in [-0.2, 0) is 91.5 Å². The van der Waals surface area contributed by atoms with Crippen LogP contribution in [0.3, 0.4) is 0 Å². The fourth-order valence-corrected chi connectivity index (χ4v) is 19.0. The Labute approximate surface area is 824 Å². The lowest BCUT2D eigenvalue weighted by molar-refractivity contribution is -0.138.